The molecule has 1 aromatic carbocycles. The van der Waals surface area contributed by atoms with Gasteiger partial charge in [-0.05, 0) is 62.9 Å². The van der Waals surface area contributed by atoms with Crippen molar-refractivity contribution in [3.05, 3.63) is 29.8 Å². The summed E-state index contributed by atoms with van der Waals surface area (Å²) in [6.07, 6.45) is 6.68. The van der Waals surface area contributed by atoms with Gasteiger partial charge in [0.2, 0.25) is 5.91 Å². The van der Waals surface area contributed by atoms with Crippen LogP contribution in [0.5, 0.6) is 5.75 Å². The van der Waals surface area contributed by atoms with Gasteiger partial charge in [0.05, 0.1) is 6.61 Å². The minimum atomic E-state index is 0.0528. The quantitative estimate of drug-likeness (QED) is 0.604. The van der Waals surface area contributed by atoms with Gasteiger partial charge in [0.15, 0.2) is 0 Å². The number of nitrogens with zero attached hydrogens (tertiary/aromatic N) is 1. The lowest BCUT2D eigenvalue weighted by molar-refractivity contribution is -0.121. The predicted molar refractivity (Wildman–Crippen MR) is 99.6 cm³/mol. The highest BCUT2D eigenvalue weighted by Gasteiger charge is 2.10. The number of hydrogen-bond acceptors (Lipinski definition) is 4. The standard InChI is InChI=1S/C20H32N2O3/c23-14-5-2-10-20(24)21-11-7-15-25-19-9-6-8-18(16-19)17-22-12-3-1-4-13-22/h6,8-9,16,23H,1-5,7,10-15,17H2,(H,21,24). The van der Waals surface area contributed by atoms with E-state index < -0.39 is 0 Å². The number of carbonyl (C=O) groups excluding carboxylic acids is 1. The number of aliphatic hydroxyl groups excluding tert-OH is 1. The van der Waals surface area contributed by atoms with Gasteiger partial charge in [-0.25, -0.2) is 0 Å². The summed E-state index contributed by atoms with van der Waals surface area (Å²) >= 11 is 0. The van der Waals surface area contributed by atoms with Crippen LogP contribution in [-0.2, 0) is 11.3 Å². The van der Waals surface area contributed by atoms with Crippen LogP contribution in [0.4, 0.5) is 0 Å². The van der Waals surface area contributed by atoms with E-state index in [2.05, 4.69) is 28.4 Å². The maximum atomic E-state index is 11.5. The predicted octanol–water partition coefficient (Wildman–Crippen LogP) is 2.72. The van der Waals surface area contributed by atoms with Crippen LogP contribution in [0, 0.1) is 0 Å². The van der Waals surface area contributed by atoms with Crippen LogP contribution in [-0.4, -0.2) is 48.8 Å². The van der Waals surface area contributed by atoms with Crippen molar-refractivity contribution in [3.8, 4) is 5.75 Å². The molecule has 1 aliphatic heterocycles. The van der Waals surface area contributed by atoms with Gasteiger partial charge in [-0.15, -0.1) is 0 Å². The van der Waals surface area contributed by atoms with Gasteiger partial charge in [-0.3, -0.25) is 9.69 Å². The molecular formula is C20H32N2O3. The number of nitrogens with one attached hydrogen (secondary N) is 1. The zero-order valence-electron chi connectivity index (χ0n) is 15.2. The van der Waals surface area contributed by atoms with Crippen molar-refractivity contribution in [1.82, 2.24) is 10.2 Å². The third kappa shape index (κ3) is 8.36. The van der Waals surface area contributed by atoms with Crippen molar-refractivity contribution in [1.29, 1.82) is 0 Å². The molecule has 0 radical (unpaired) electrons. The molecule has 0 aromatic heterocycles. The van der Waals surface area contributed by atoms with E-state index in [1.807, 2.05) is 6.07 Å². The highest BCUT2D eigenvalue weighted by Crippen LogP contribution is 2.17. The minimum Gasteiger partial charge on any atom is -0.494 e. The number of piperidine rings is 1. The van der Waals surface area contributed by atoms with Crippen LogP contribution in [0.15, 0.2) is 24.3 Å². The monoisotopic (exact) mass is 348 g/mol. The molecular weight excluding hydrogens is 316 g/mol. The fraction of sp³-hybridized carbons (Fsp3) is 0.650. The van der Waals surface area contributed by atoms with Gasteiger partial charge in [0.1, 0.15) is 5.75 Å². The largest absolute Gasteiger partial charge is 0.494 e. The Kier molecular flexibility index (Phi) is 9.37. The number of likely N-dealkylation sites (tertiary alicyclic amines) is 1. The minimum absolute atomic E-state index is 0.0528. The van der Waals surface area contributed by atoms with Crippen molar-refractivity contribution in [2.24, 2.45) is 0 Å². The van der Waals surface area contributed by atoms with Gasteiger partial charge in [-0.1, -0.05) is 18.6 Å². The van der Waals surface area contributed by atoms with E-state index in [1.165, 1.54) is 37.9 Å². The molecule has 0 aliphatic carbocycles. The highest BCUT2D eigenvalue weighted by atomic mass is 16.5. The molecule has 0 bridgehead atoms. The molecule has 5 nitrogen and oxygen atoms in total. The first-order valence-electron chi connectivity index (χ1n) is 9.59. The fourth-order valence-corrected chi connectivity index (χ4v) is 3.09. The van der Waals surface area contributed by atoms with Gasteiger partial charge < -0.3 is 15.2 Å². The number of unbranched alkanes of at least 4 members (excludes halogenated alkanes) is 1. The van der Waals surface area contributed by atoms with E-state index in [0.717, 1.165) is 25.1 Å². The average molecular weight is 348 g/mol. The molecule has 25 heavy (non-hydrogen) atoms. The summed E-state index contributed by atoms with van der Waals surface area (Å²) in [7, 11) is 0. The maximum absolute atomic E-state index is 11.5. The Morgan fingerprint density at radius 3 is 2.80 bits per heavy atom. The first-order chi connectivity index (χ1) is 12.3. The lowest BCUT2D eigenvalue weighted by atomic mass is 10.1. The smallest absolute Gasteiger partial charge is 0.219 e. The van der Waals surface area contributed by atoms with E-state index in [9.17, 15) is 4.79 Å². The first-order valence-corrected chi connectivity index (χ1v) is 9.59. The molecule has 2 N–H and O–H groups in total. The van der Waals surface area contributed by atoms with Gasteiger partial charge >= 0.3 is 0 Å². The van der Waals surface area contributed by atoms with Crippen molar-refractivity contribution in [2.45, 2.75) is 51.5 Å². The second kappa shape index (κ2) is 11.9. The number of hydrogen-bond donors (Lipinski definition) is 2. The van der Waals surface area contributed by atoms with Gasteiger partial charge in [0.25, 0.3) is 0 Å². The Morgan fingerprint density at radius 2 is 2.00 bits per heavy atom. The van der Waals surface area contributed by atoms with Crippen LogP contribution >= 0.6 is 0 Å². The fourth-order valence-electron chi connectivity index (χ4n) is 3.09. The highest BCUT2D eigenvalue weighted by molar-refractivity contribution is 5.75. The van der Waals surface area contributed by atoms with Crippen LogP contribution in [0.2, 0.25) is 0 Å². The molecule has 1 heterocycles. The number of rotatable bonds is 11. The van der Waals surface area contributed by atoms with Crippen LogP contribution in [0.3, 0.4) is 0 Å². The van der Waals surface area contributed by atoms with E-state index in [0.29, 0.717) is 26.0 Å². The second-order valence-electron chi connectivity index (χ2n) is 6.72. The first kappa shape index (κ1) is 19.7. The van der Waals surface area contributed by atoms with E-state index >= 15 is 0 Å². The molecule has 1 aliphatic rings. The molecule has 1 fully saturated rings. The van der Waals surface area contributed by atoms with E-state index in [-0.39, 0.29) is 12.5 Å². The summed E-state index contributed by atoms with van der Waals surface area (Å²) in [6.45, 7) is 4.78. The number of benzene rings is 1. The van der Waals surface area contributed by atoms with Crippen molar-refractivity contribution in [2.75, 3.05) is 32.8 Å². The molecule has 140 valence electrons. The van der Waals surface area contributed by atoms with Crippen LogP contribution in [0.1, 0.15) is 50.5 Å². The van der Waals surface area contributed by atoms with E-state index in [1.54, 1.807) is 0 Å². The zero-order chi connectivity index (χ0) is 17.7. The molecule has 1 amide bonds. The molecule has 5 heteroatoms. The molecule has 1 aromatic rings. The molecule has 0 saturated carbocycles. The van der Waals surface area contributed by atoms with Crippen molar-refractivity contribution < 1.29 is 14.6 Å². The van der Waals surface area contributed by atoms with E-state index in [4.69, 9.17) is 9.84 Å². The van der Waals surface area contributed by atoms with Gasteiger partial charge in [-0.2, -0.15) is 0 Å². The summed E-state index contributed by atoms with van der Waals surface area (Å²) in [6, 6.07) is 8.33. The zero-order valence-corrected chi connectivity index (χ0v) is 15.2. The Bertz CT molecular complexity index is 501. The van der Waals surface area contributed by atoms with Crippen LogP contribution < -0.4 is 10.1 Å². The SMILES string of the molecule is O=C(CCCCO)NCCCOc1cccc(CN2CCCCC2)c1. The average Bonchev–Trinajstić information content (AvgIpc) is 2.63. The third-order valence-corrected chi connectivity index (χ3v) is 4.48. The Balaban J connectivity index is 1.60. The molecule has 2 rings (SSSR count). The molecule has 0 atom stereocenters. The number of carbonyl (C=O) groups is 1. The van der Waals surface area contributed by atoms with Crippen LogP contribution in [0.25, 0.3) is 0 Å². The lowest BCUT2D eigenvalue weighted by Crippen LogP contribution is -2.29. The second-order valence-corrected chi connectivity index (χ2v) is 6.72. The van der Waals surface area contributed by atoms with Crippen molar-refractivity contribution in [3.63, 3.8) is 0 Å². The molecule has 1 saturated heterocycles. The Hall–Kier alpha value is -1.59. The molecule has 0 unspecified atom stereocenters. The Labute approximate surface area is 151 Å². The third-order valence-electron chi connectivity index (χ3n) is 4.48. The normalized spacial score (nSPS) is 15.1. The summed E-state index contributed by atoms with van der Waals surface area (Å²) in [4.78, 5) is 14.1. The van der Waals surface area contributed by atoms with Crippen molar-refractivity contribution >= 4 is 5.91 Å². The summed E-state index contributed by atoms with van der Waals surface area (Å²) < 4.78 is 5.81. The summed E-state index contributed by atoms with van der Waals surface area (Å²) in [5.74, 6) is 0.959. The topological polar surface area (TPSA) is 61.8 Å². The van der Waals surface area contributed by atoms with Gasteiger partial charge in [0, 0.05) is 26.1 Å². The molecule has 0 spiro atoms. The Morgan fingerprint density at radius 1 is 1.16 bits per heavy atom. The number of amides is 1. The summed E-state index contributed by atoms with van der Waals surface area (Å²) in [5.41, 5.74) is 1.30. The summed E-state index contributed by atoms with van der Waals surface area (Å²) in [5, 5.41) is 11.6. The maximum Gasteiger partial charge on any atom is 0.219 e. The lowest BCUT2D eigenvalue weighted by Gasteiger charge is -2.26. The number of ether oxygens (including phenoxy) is 1. The number of aliphatic hydroxyl groups is 1.